The van der Waals surface area contributed by atoms with Crippen LogP contribution in [0.1, 0.15) is 17.0 Å². The zero-order valence-electron chi connectivity index (χ0n) is 17.5. The molecule has 0 radical (unpaired) electrons. The summed E-state index contributed by atoms with van der Waals surface area (Å²) in [6.45, 7) is 0. The predicted octanol–water partition coefficient (Wildman–Crippen LogP) is 6.05. The Morgan fingerprint density at radius 2 is 1.49 bits per heavy atom. The molecule has 0 spiro atoms. The third-order valence-corrected chi connectivity index (χ3v) is 5.95. The van der Waals surface area contributed by atoms with Crippen LogP contribution in [-0.2, 0) is 12.0 Å². The first kappa shape index (κ1) is 24.9. The normalized spacial score (nSPS) is 12.8. The number of benzene rings is 3. The number of aromatic nitrogens is 2. The highest BCUT2D eigenvalue weighted by Crippen LogP contribution is 2.50. The van der Waals surface area contributed by atoms with Crippen LogP contribution >= 0.6 is 15.9 Å². The van der Waals surface area contributed by atoms with Gasteiger partial charge in [0.05, 0.1) is 16.6 Å². The van der Waals surface area contributed by atoms with E-state index in [4.69, 9.17) is 0 Å². The van der Waals surface area contributed by atoms with Gasteiger partial charge in [0.15, 0.2) is 0 Å². The molecule has 11 heteroatoms. The van der Waals surface area contributed by atoms with Gasteiger partial charge in [0.25, 0.3) is 11.2 Å². The standard InChI is InChI=1S/C24H15BrF6N2O2/c25-16-5-3-4-14(12-16)13-20-32-19-7-2-1-6-18(19)21(34)33(20)17-10-8-15(9-11-17)22(35,23(26,27)28)24(29,30)31/h1-12,35H,13H2. The lowest BCUT2D eigenvalue weighted by Crippen LogP contribution is -2.53. The van der Waals surface area contributed by atoms with Crippen molar-refractivity contribution < 1.29 is 31.4 Å². The number of rotatable bonds is 4. The molecule has 0 aliphatic rings. The van der Waals surface area contributed by atoms with E-state index in [9.17, 15) is 36.2 Å². The first-order valence-electron chi connectivity index (χ1n) is 10.0. The summed E-state index contributed by atoms with van der Waals surface area (Å²) in [5.41, 5.74) is -5.89. The Morgan fingerprint density at radius 3 is 2.09 bits per heavy atom. The average Bonchev–Trinajstić information content (AvgIpc) is 2.77. The van der Waals surface area contributed by atoms with E-state index in [2.05, 4.69) is 20.9 Å². The highest BCUT2D eigenvalue weighted by atomic mass is 79.9. The third-order valence-electron chi connectivity index (χ3n) is 5.46. The van der Waals surface area contributed by atoms with Crippen LogP contribution in [0, 0.1) is 0 Å². The van der Waals surface area contributed by atoms with Crippen molar-refractivity contribution >= 4 is 26.8 Å². The number of halogens is 7. The van der Waals surface area contributed by atoms with E-state index >= 15 is 0 Å². The lowest BCUT2D eigenvalue weighted by molar-refractivity contribution is -0.376. The van der Waals surface area contributed by atoms with Crippen molar-refractivity contribution in [2.45, 2.75) is 24.4 Å². The van der Waals surface area contributed by atoms with Gasteiger partial charge in [0, 0.05) is 16.5 Å². The SMILES string of the molecule is O=c1c2ccccc2nc(Cc2cccc(Br)c2)n1-c1ccc(C(O)(C(F)(F)F)C(F)(F)F)cc1. The van der Waals surface area contributed by atoms with Crippen molar-refractivity contribution in [3.63, 3.8) is 0 Å². The fourth-order valence-electron chi connectivity index (χ4n) is 3.73. The van der Waals surface area contributed by atoms with Crippen molar-refractivity contribution in [1.82, 2.24) is 9.55 Å². The summed E-state index contributed by atoms with van der Waals surface area (Å²) in [6.07, 6.45) is -11.9. The minimum Gasteiger partial charge on any atom is -0.369 e. The number of fused-ring (bicyclic) bond motifs is 1. The van der Waals surface area contributed by atoms with Crippen molar-refractivity contribution in [2.75, 3.05) is 0 Å². The van der Waals surface area contributed by atoms with Crippen LogP contribution in [0.3, 0.4) is 0 Å². The summed E-state index contributed by atoms with van der Waals surface area (Å²) in [5, 5.41) is 9.87. The molecule has 0 atom stereocenters. The lowest BCUT2D eigenvalue weighted by atomic mass is 9.92. The number of alkyl halides is 6. The van der Waals surface area contributed by atoms with Crippen LogP contribution in [0.2, 0.25) is 0 Å². The maximum atomic E-state index is 13.3. The zero-order chi connectivity index (χ0) is 25.6. The van der Waals surface area contributed by atoms with Gasteiger partial charge in [-0.05, 0) is 42.0 Å². The maximum absolute atomic E-state index is 13.3. The molecule has 1 heterocycles. The second kappa shape index (κ2) is 8.80. The smallest absolute Gasteiger partial charge is 0.369 e. The van der Waals surface area contributed by atoms with E-state index in [1.54, 1.807) is 42.5 Å². The Hall–Kier alpha value is -3.18. The molecule has 1 N–H and O–H groups in total. The summed E-state index contributed by atoms with van der Waals surface area (Å²) < 4.78 is 81.4. The number of hydrogen-bond donors (Lipinski definition) is 1. The van der Waals surface area contributed by atoms with Crippen LogP contribution in [0.15, 0.2) is 82.1 Å². The molecule has 1 aromatic heterocycles. The Labute approximate surface area is 202 Å². The molecular weight excluding hydrogens is 542 g/mol. The van der Waals surface area contributed by atoms with E-state index in [1.165, 1.54) is 6.07 Å². The molecule has 35 heavy (non-hydrogen) atoms. The fourth-order valence-corrected chi connectivity index (χ4v) is 4.18. The molecule has 0 saturated heterocycles. The number of para-hydroxylation sites is 1. The van der Waals surface area contributed by atoms with Crippen LogP contribution in [0.25, 0.3) is 16.6 Å². The molecular formula is C24H15BrF6N2O2. The highest BCUT2D eigenvalue weighted by molar-refractivity contribution is 9.10. The number of aliphatic hydroxyl groups is 1. The molecule has 0 fully saturated rings. The molecule has 4 nitrogen and oxygen atoms in total. The van der Waals surface area contributed by atoms with Gasteiger partial charge < -0.3 is 5.11 Å². The van der Waals surface area contributed by atoms with E-state index in [-0.39, 0.29) is 23.3 Å². The molecule has 4 rings (SSSR count). The monoisotopic (exact) mass is 556 g/mol. The summed E-state index contributed by atoms with van der Waals surface area (Å²) >= 11 is 3.36. The maximum Gasteiger partial charge on any atom is 0.430 e. The van der Waals surface area contributed by atoms with Crippen molar-refractivity contribution in [2.24, 2.45) is 0 Å². The van der Waals surface area contributed by atoms with Crippen LogP contribution in [-0.4, -0.2) is 27.0 Å². The van der Waals surface area contributed by atoms with Gasteiger partial charge in [-0.15, -0.1) is 0 Å². The Bertz CT molecular complexity index is 1430. The minimum absolute atomic E-state index is 0.00583. The summed E-state index contributed by atoms with van der Waals surface area (Å²) in [4.78, 5) is 17.8. The first-order valence-corrected chi connectivity index (χ1v) is 10.8. The largest absolute Gasteiger partial charge is 0.430 e. The van der Waals surface area contributed by atoms with Crippen LogP contribution in [0.5, 0.6) is 0 Å². The van der Waals surface area contributed by atoms with Gasteiger partial charge >= 0.3 is 12.4 Å². The Kier molecular flexibility index (Phi) is 6.26. The lowest BCUT2D eigenvalue weighted by Gasteiger charge is -2.32. The van der Waals surface area contributed by atoms with Gasteiger partial charge in [-0.3, -0.25) is 9.36 Å². The van der Waals surface area contributed by atoms with E-state index in [0.717, 1.165) is 26.7 Å². The topological polar surface area (TPSA) is 55.1 Å². The molecule has 0 aliphatic heterocycles. The first-order chi connectivity index (χ1) is 16.3. The van der Waals surface area contributed by atoms with Crippen molar-refractivity contribution in [1.29, 1.82) is 0 Å². The van der Waals surface area contributed by atoms with Crippen molar-refractivity contribution in [3.8, 4) is 5.69 Å². The van der Waals surface area contributed by atoms with Crippen LogP contribution < -0.4 is 5.56 Å². The average molecular weight is 557 g/mol. The molecule has 0 bridgehead atoms. The van der Waals surface area contributed by atoms with Gasteiger partial charge in [0.1, 0.15) is 5.82 Å². The molecule has 0 aliphatic carbocycles. The Balaban J connectivity index is 1.89. The highest BCUT2D eigenvalue weighted by Gasteiger charge is 2.71. The molecule has 4 aromatic rings. The molecule has 3 aromatic carbocycles. The van der Waals surface area contributed by atoms with E-state index < -0.39 is 29.1 Å². The number of nitrogens with zero attached hydrogens (tertiary/aromatic N) is 2. The van der Waals surface area contributed by atoms with Gasteiger partial charge in [-0.25, -0.2) is 4.98 Å². The van der Waals surface area contributed by atoms with Gasteiger partial charge in [0.2, 0.25) is 0 Å². The van der Waals surface area contributed by atoms with E-state index in [1.807, 2.05) is 0 Å². The van der Waals surface area contributed by atoms with Crippen molar-refractivity contribution in [3.05, 3.63) is 105 Å². The molecule has 182 valence electrons. The quantitative estimate of drug-likeness (QED) is 0.311. The second-order valence-electron chi connectivity index (χ2n) is 7.75. The summed E-state index contributed by atoms with van der Waals surface area (Å²) in [5.74, 6) is 0.224. The minimum atomic E-state index is -6.01. The van der Waals surface area contributed by atoms with Crippen LogP contribution in [0.4, 0.5) is 26.3 Å². The second-order valence-corrected chi connectivity index (χ2v) is 8.66. The van der Waals surface area contributed by atoms with Gasteiger partial charge in [-0.1, -0.05) is 52.3 Å². The number of hydrogen-bond acceptors (Lipinski definition) is 3. The molecule has 0 amide bonds. The summed E-state index contributed by atoms with van der Waals surface area (Å²) in [6, 6.07) is 16.4. The molecule has 0 saturated carbocycles. The summed E-state index contributed by atoms with van der Waals surface area (Å²) in [7, 11) is 0. The fraction of sp³-hybridized carbons (Fsp3) is 0.167. The Morgan fingerprint density at radius 1 is 0.857 bits per heavy atom. The molecule has 0 unspecified atom stereocenters. The third kappa shape index (κ3) is 4.45. The van der Waals surface area contributed by atoms with Gasteiger partial charge in [-0.2, -0.15) is 26.3 Å². The zero-order valence-corrected chi connectivity index (χ0v) is 19.1. The van der Waals surface area contributed by atoms with E-state index in [0.29, 0.717) is 17.6 Å². The predicted molar refractivity (Wildman–Crippen MR) is 120 cm³/mol.